The third-order valence-electron chi connectivity index (χ3n) is 3.75. The summed E-state index contributed by atoms with van der Waals surface area (Å²) < 4.78 is 12.1. The quantitative estimate of drug-likeness (QED) is 0.561. The van der Waals surface area contributed by atoms with Gasteiger partial charge in [-0.25, -0.2) is 4.79 Å². The Morgan fingerprint density at radius 1 is 0.963 bits per heavy atom. The average molecular weight is 431 g/mol. The molecule has 8 heteroatoms. The van der Waals surface area contributed by atoms with Gasteiger partial charge in [-0.15, -0.1) is 0 Å². The van der Waals surface area contributed by atoms with Crippen molar-refractivity contribution < 1.29 is 23.9 Å². The van der Waals surface area contributed by atoms with E-state index in [1.54, 1.807) is 18.2 Å². The Bertz CT molecular complexity index is 916. The Balaban J connectivity index is 1.78. The van der Waals surface area contributed by atoms with Gasteiger partial charge in [0.05, 0.1) is 7.11 Å². The van der Waals surface area contributed by atoms with Gasteiger partial charge in [0.15, 0.2) is 11.5 Å². The number of benzene rings is 2. The maximum Gasteiger partial charge on any atom is 0.328 e. The smallest absolute Gasteiger partial charge is 0.328 e. The van der Waals surface area contributed by atoms with Gasteiger partial charge in [0.25, 0.3) is 11.8 Å². The predicted octanol–water partition coefficient (Wildman–Crippen LogP) is 2.79. The summed E-state index contributed by atoms with van der Waals surface area (Å²) in [7, 11) is 1.50. The monoisotopic (exact) mass is 430 g/mol. The molecule has 2 aromatic carbocycles. The van der Waals surface area contributed by atoms with Crippen LogP contribution in [0.3, 0.4) is 0 Å². The van der Waals surface area contributed by atoms with E-state index in [9.17, 15) is 14.4 Å². The number of imide groups is 2. The van der Waals surface area contributed by atoms with E-state index in [-0.39, 0.29) is 5.57 Å². The Labute approximate surface area is 163 Å². The fourth-order valence-electron chi connectivity index (χ4n) is 2.41. The highest BCUT2D eigenvalue weighted by Gasteiger charge is 2.27. The molecule has 2 N–H and O–H groups in total. The van der Waals surface area contributed by atoms with Crippen molar-refractivity contribution in [2.45, 2.75) is 6.61 Å². The first-order valence-electron chi connectivity index (χ1n) is 7.90. The first-order valence-corrected chi connectivity index (χ1v) is 8.69. The van der Waals surface area contributed by atoms with Crippen LogP contribution in [0.4, 0.5) is 4.79 Å². The van der Waals surface area contributed by atoms with Gasteiger partial charge in [-0.05, 0) is 41.5 Å². The minimum Gasteiger partial charge on any atom is -0.493 e. The van der Waals surface area contributed by atoms with Gasteiger partial charge < -0.3 is 9.47 Å². The van der Waals surface area contributed by atoms with E-state index >= 15 is 0 Å². The second kappa shape index (κ2) is 8.05. The van der Waals surface area contributed by atoms with Crippen molar-refractivity contribution in [3.8, 4) is 11.5 Å². The van der Waals surface area contributed by atoms with Crippen LogP contribution < -0.4 is 20.1 Å². The number of carbonyl (C=O) groups is 3. The van der Waals surface area contributed by atoms with Crippen molar-refractivity contribution in [3.63, 3.8) is 0 Å². The zero-order valence-electron chi connectivity index (χ0n) is 14.2. The van der Waals surface area contributed by atoms with Crippen LogP contribution in [0.15, 0.2) is 52.5 Å². The third-order valence-corrected chi connectivity index (χ3v) is 4.28. The number of methoxy groups -OCH3 is 1. The lowest BCUT2D eigenvalue weighted by Crippen LogP contribution is -2.51. The van der Waals surface area contributed by atoms with Gasteiger partial charge >= 0.3 is 6.03 Å². The third kappa shape index (κ3) is 4.53. The number of ether oxygens (including phenoxy) is 2. The van der Waals surface area contributed by atoms with Crippen LogP contribution in [0, 0.1) is 0 Å². The highest BCUT2D eigenvalue weighted by atomic mass is 79.9. The van der Waals surface area contributed by atoms with Crippen molar-refractivity contribution in [1.29, 1.82) is 0 Å². The molecular weight excluding hydrogens is 416 g/mol. The molecule has 1 fully saturated rings. The molecule has 1 heterocycles. The normalized spacial score (nSPS) is 13.7. The first kappa shape index (κ1) is 18.7. The maximum absolute atomic E-state index is 11.8. The summed E-state index contributed by atoms with van der Waals surface area (Å²) in [5.41, 5.74) is 1.38. The lowest BCUT2D eigenvalue weighted by atomic mass is 10.1. The molecule has 0 spiro atoms. The number of halogens is 1. The summed E-state index contributed by atoms with van der Waals surface area (Å²) in [6, 6.07) is 11.9. The number of urea groups is 1. The lowest BCUT2D eigenvalue weighted by molar-refractivity contribution is -0.123. The zero-order valence-corrected chi connectivity index (χ0v) is 15.8. The van der Waals surface area contributed by atoms with E-state index in [2.05, 4.69) is 15.9 Å². The number of nitrogens with one attached hydrogen (secondary N) is 2. The average Bonchev–Trinajstić information content (AvgIpc) is 2.64. The summed E-state index contributed by atoms with van der Waals surface area (Å²) in [4.78, 5) is 34.7. The molecular formula is C19H15BrN2O5. The van der Waals surface area contributed by atoms with Crippen molar-refractivity contribution >= 4 is 39.9 Å². The molecule has 27 heavy (non-hydrogen) atoms. The lowest BCUT2D eigenvalue weighted by Gasteiger charge is -2.15. The van der Waals surface area contributed by atoms with E-state index in [0.29, 0.717) is 23.7 Å². The van der Waals surface area contributed by atoms with Crippen molar-refractivity contribution in [2.75, 3.05) is 7.11 Å². The molecule has 0 radical (unpaired) electrons. The van der Waals surface area contributed by atoms with Gasteiger partial charge in [-0.1, -0.05) is 34.1 Å². The fourth-order valence-corrected chi connectivity index (χ4v) is 2.67. The van der Waals surface area contributed by atoms with E-state index in [4.69, 9.17) is 9.47 Å². The summed E-state index contributed by atoms with van der Waals surface area (Å²) in [6.45, 7) is 0.358. The van der Waals surface area contributed by atoms with Crippen LogP contribution in [0.25, 0.3) is 6.08 Å². The van der Waals surface area contributed by atoms with Crippen LogP contribution in [0.2, 0.25) is 0 Å². The molecule has 7 nitrogen and oxygen atoms in total. The predicted molar refractivity (Wildman–Crippen MR) is 101 cm³/mol. The van der Waals surface area contributed by atoms with Gasteiger partial charge in [-0.3, -0.25) is 20.2 Å². The largest absolute Gasteiger partial charge is 0.493 e. The number of carbonyl (C=O) groups excluding carboxylic acids is 3. The molecule has 4 amide bonds. The number of hydrogen-bond acceptors (Lipinski definition) is 5. The molecule has 0 aliphatic carbocycles. The second-order valence-corrected chi connectivity index (χ2v) is 6.54. The molecule has 1 aliphatic rings. The molecule has 2 aromatic rings. The van der Waals surface area contributed by atoms with Crippen LogP contribution in [0.5, 0.6) is 11.5 Å². The van der Waals surface area contributed by atoms with E-state index in [1.807, 2.05) is 34.9 Å². The first-order chi connectivity index (χ1) is 13.0. The molecule has 1 aliphatic heterocycles. The van der Waals surface area contributed by atoms with Crippen LogP contribution in [-0.2, 0) is 16.2 Å². The second-order valence-electron chi connectivity index (χ2n) is 5.62. The van der Waals surface area contributed by atoms with Crippen LogP contribution in [-0.4, -0.2) is 25.0 Å². The van der Waals surface area contributed by atoms with Crippen molar-refractivity contribution in [3.05, 3.63) is 63.6 Å². The topological polar surface area (TPSA) is 93.7 Å². The number of hydrogen-bond donors (Lipinski definition) is 2. The Kier molecular flexibility index (Phi) is 5.56. The number of amides is 4. The van der Waals surface area contributed by atoms with Crippen LogP contribution >= 0.6 is 15.9 Å². The highest BCUT2D eigenvalue weighted by molar-refractivity contribution is 9.10. The van der Waals surface area contributed by atoms with Gasteiger partial charge in [0.2, 0.25) is 0 Å². The molecule has 0 atom stereocenters. The van der Waals surface area contributed by atoms with E-state index < -0.39 is 17.8 Å². The molecule has 138 valence electrons. The standard InChI is InChI=1S/C19H15BrN2O5/c1-26-16-9-12(8-14-17(23)21-19(25)22-18(14)24)4-7-15(16)27-10-11-2-5-13(20)6-3-11/h2-9H,10H2,1H3,(H2,21,22,23,24,25). The SMILES string of the molecule is COc1cc(C=C2C(=O)NC(=O)NC2=O)ccc1OCc1ccc(Br)cc1. The molecule has 0 unspecified atom stereocenters. The molecule has 0 saturated carbocycles. The molecule has 0 bridgehead atoms. The van der Waals surface area contributed by atoms with Gasteiger partial charge in [0.1, 0.15) is 12.2 Å². The maximum atomic E-state index is 11.8. The zero-order chi connectivity index (χ0) is 19.4. The Morgan fingerprint density at radius 2 is 1.63 bits per heavy atom. The summed E-state index contributed by atoms with van der Waals surface area (Å²) in [5.74, 6) is -0.527. The van der Waals surface area contributed by atoms with E-state index in [0.717, 1.165) is 10.0 Å². The minimum atomic E-state index is -0.837. The fraction of sp³-hybridized carbons (Fsp3) is 0.105. The highest BCUT2D eigenvalue weighted by Crippen LogP contribution is 2.30. The molecule has 0 aromatic heterocycles. The molecule has 1 saturated heterocycles. The number of barbiturate groups is 1. The summed E-state index contributed by atoms with van der Waals surface area (Å²) >= 11 is 3.38. The minimum absolute atomic E-state index is 0.166. The molecule has 3 rings (SSSR count). The summed E-state index contributed by atoms with van der Waals surface area (Å²) in [5, 5.41) is 4.05. The van der Waals surface area contributed by atoms with Gasteiger partial charge in [-0.2, -0.15) is 0 Å². The van der Waals surface area contributed by atoms with Crippen molar-refractivity contribution in [1.82, 2.24) is 10.6 Å². The number of rotatable bonds is 5. The van der Waals surface area contributed by atoms with E-state index in [1.165, 1.54) is 13.2 Å². The van der Waals surface area contributed by atoms with Gasteiger partial charge in [0, 0.05) is 4.47 Å². The van der Waals surface area contributed by atoms with Crippen LogP contribution in [0.1, 0.15) is 11.1 Å². The Hall–Kier alpha value is -3.13. The summed E-state index contributed by atoms with van der Waals surface area (Å²) in [6.07, 6.45) is 1.37. The van der Waals surface area contributed by atoms with Crippen molar-refractivity contribution in [2.24, 2.45) is 0 Å². The Morgan fingerprint density at radius 3 is 2.26 bits per heavy atom.